The van der Waals surface area contributed by atoms with Gasteiger partial charge in [-0.3, -0.25) is 4.79 Å². The molecule has 2 aliphatic heterocycles. The van der Waals surface area contributed by atoms with Crippen molar-refractivity contribution >= 4 is 11.9 Å². The largest absolute Gasteiger partial charge is 0.454 e. The van der Waals surface area contributed by atoms with E-state index in [1.165, 1.54) is 13.0 Å². The number of nitrogens with one attached hydrogen (secondary N) is 1. The second kappa shape index (κ2) is 7.06. The lowest BCUT2D eigenvalue weighted by Crippen LogP contribution is -2.35. The number of carbonyl (C=O) groups is 2. The number of fused-ring (bicyclic) bond motifs is 2. The van der Waals surface area contributed by atoms with Crippen LogP contribution in [0.15, 0.2) is 36.4 Å². The molecule has 1 atom stereocenters. The topological polar surface area (TPSA) is 92.3 Å². The molecule has 0 spiro atoms. The van der Waals surface area contributed by atoms with Crippen molar-refractivity contribution in [1.82, 2.24) is 5.32 Å². The van der Waals surface area contributed by atoms with E-state index in [1.54, 1.807) is 24.3 Å². The number of carbonyl (C=O) groups excluding carboxylic acids is 2. The highest BCUT2D eigenvalue weighted by Crippen LogP contribution is 2.33. The van der Waals surface area contributed by atoms with Crippen molar-refractivity contribution < 1.29 is 33.3 Å². The molecule has 0 aliphatic carbocycles. The summed E-state index contributed by atoms with van der Waals surface area (Å²) in [5.41, 5.74) is 1.14. The molecule has 2 aromatic carbocycles. The molecular weight excluding hydrogens is 354 g/mol. The van der Waals surface area contributed by atoms with Crippen LogP contribution in [0.25, 0.3) is 0 Å². The van der Waals surface area contributed by atoms with Crippen LogP contribution in [0.2, 0.25) is 0 Å². The summed E-state index contributed by atoms with van der Waals surface area (Å²) in [4.78, 5) is 24.4. The van der Waals surface area contributed by atoms with Gasteiger partial charge in [0.15, 0.2) is 29.1 Å². The molecular formula is C19H17NO7. The smallest absolute Gasteiger partial charge is 0.339 e. The van der Waals surface area contributed by atoms with Gasteiger partial charge in [0.2, 0.25) is 13.6 Å². The van der Waals surface area contributed by atoms with Crippen LogP contribution in [-0.4, -0.2) is 31.6 Å². The Hall–Kier alpha value is -3.42. The fraction of sp³-hybridized carbons (Fsp3) is 0.263. The van der Waals surface area contributed by atoms with Crippen LogP contribution in [0.3, 0.4) is 0 Å². The van der Waals surface area contributed by atoms with Crippen LogP contribution in [0.1, 0.15) is 22.8 Å². The van der Waals surface area contributed by atoms with Gasteiger partial charge in [0, 0.05) is 6.54 Å². The number of hydrogen-bond donors (Lipinski definition) is 1. The van der Waals surface area contributed by atoms with E-state index in [9.17, 15) is 9.59 Å². The Morgan fingerprint density at radius 1 is 0.963 bits per heavy atom. The quantitative estimate of drug-likeness (QED) is 0.804. The summed E-state index contributed by atoms with van der Waals surface area (Å²) in [7, 11) is 0. The predicted molar refractivity (Wildman–Crippen MR) is 91.9 cm³/mol. The van der Waals surface area contributed by atoms with Gasteiger partial charge in [0.25, 0.3) is 5.91 Å². The molecule has 8 nitrogen and oxygen atoms in total. The third-order valence-electron chi connectivity index (χ3n) is 4.17. The molecule has 4 rings (SSSR count). The Morgan fingerprint density at radius 2 is 1.59 bits per heavy atom. The van der Waals surface area contributed by atoms with Crippen LogP contribution < -0.4 is 24.3 Å². The number of benzene rings is 2. The maximum absolute atomic E-state index is 12.2. The first-order valence-electron chi connectivity index (χ1n) is 8.37. The van der Waals surface area contributed by atoms with Gasteiger partial charge < -0.3 is 29.0 Å². The van der Waals surface area contributed by atoms with Crippen LogP contribution >= 0.6 is 0 Å². The monoisotopic (exact) mass is 371 g/mol. The standard InChI is InChI=1S/C19H17NO7/c1-11(27-19(22)13-3-5-15-17(7-13)26-10-24-15)18(21)20-8-12-2-4-14-16(6-12)25-9-23-14/h2-7,11H,8-10H2,1H3,(H,20,21). The lowest BCUT2D eigenvalue weighted by molar-refractivity contribution is -0.129. The van der Waals surface area contributed by atoms with E-state index in [0.717, 1.165) is 5.56 Å². The van der Waals surface area contributed by atoms with E-state index < -0.39 is 18.0 Å². The molecule has 0 saturated carbocycles. The highest BCUT2D eigenvalue weighted by Gasteiger charge is 2.22. The van der Waals surface area contributed by atoms with E-state index in [1.807, 2.05) is 6.07 Å². The van der Waals surface area contributed by atoms with Crippen molar-refractivity contribution in [3.05, 3.63) is 47.5 Å². The Bertz CT molecular complexity index is 896. The molecule has 8 heteroatoms. The zero-order valence-corrected chi connectivity index (χ0v) is 14.5. The van der Waals surface area contributed by atoms with Gasteiger partial charge in [0.1, 0.15) is 0 Å². The van der Waals surface area contributed by atoms with Gasteiger partial charge in [-0.1, -0.05) is 6.07 Å². The van der Waals surface area contributed by atoms with Crippen LogP contribution in [0.4, 0.5) is 0 Å². The molecule has 0 radical (unpaired) electrons. The Morgan fingerprint density at radius 3 is 2.33 bits per heavy atom. The van der Waals surface area contributed by atoms with Gasteiger partial charge in [0.05, 0.1) is 5.56 Å². The summed E-state index contributed by atoms with van der Waals surface area (Å²) in [6.45, 7) is 2.10. The average Bonchev–Trinajstić information content (AvgIpc) is 3.33. The zero-order chi connectivity index (χ0) is 18.8. The fourth-order valence-electron chi connectivity index (χ4n) is 2.69. The Labute approximate surface area is 154 Å². The van der Waals surface area contributed by atoms with Gasteiger partial charge in [-0.15, -0.1) is 0 Å². The highest BCUT2D eigenvalue weighted by molar-refractivity contribution is 5.92. The molecule has 0 aromatic heterocycles. The number of ether oxygens (including phenoxy) is 5. The molecule has 2 aliphatic rings. The molecule has 1 N–H and O–H groups in total. The van der Waals surface area contributed by atoms with Crippen LogP contribution in [-0.2, 0) is 16.1 Å². The summed E-state index contributed by atoms with van der Waals surface area (Å²) in [6, 6.07) is 10.1. The first-order valence-corrected chi connectivity index (χ1v) is 8.37. The van der Waals surface area contributed by atoms with Crippen molar-refractivity contribution in [3.8, 4) is 23.0 Å². The minimum absolute atomic E-state index is 0.118. The van der Waals surface area contributed by atoms with E-state index in [4.69, 9.17) is 23.7 Å². The summed E-state index contributed by atoms with van der Waals surface area (Å²) in [6.07, 6.45) is -0.947. The van der Waals surface area contributed by atoms with Crippen LogP contribution in [0.5, 0.6) is 23.0 Å². The van der Waals surface area contributed by atoms with Gasteiger partial charge in [-0.25, -0.2) is 4.79 Å². The lowest BCUT2D eigenvalue weighted by Gasteiger charge is -2.14. The molecule has 0 saturated heterocycles. The first kappa shape index (κ1) is 17.0. The molecule has 2 heterocycles. The van der Waals surface area contributed by atoms with Crippen molar-refractivity contribution in [1.29, 1.82) is 0 Å². The Balaban J connectivity index is 1.31. The van der Waals surface area contributed by atoms with Gasteiger partial charge >= 0.3 is 5.97 Å². The van der Waals surface area contributed by atoms with Crippen molar-refractivity contribution in [2.24, 2.45) is 0 Å². The summed E-state index contributed by atoms with van der Waals surface area (Å²) < 4.78 is 26.2. The lowest BCUT2D eigenvalue weighted by atomic mass is 10.2. The van der Waals surface area contributed by atoms with Gasteiger partial charge in [-0.2, -0.15) is 0 Å². The third kappa shape index (κ3) is 3.59. The average molecular weight is 371 g/mol. The number of amides is 1. The van der Waals surface area contributed by atoms with E-state index in [2.05, 4.69) is 5.32 Å². The minimum atomic E-state index is -0.947. The highest BCUT2D eigenvalue weighted by atomic mass is 16.7. The van der Waals surface area contributed by atoms with Gasteiger partial charge in [-0.05, 0) is 42.8 Å². The molecule has 1 amide bonds. The molecule has 0 fully saturated rings. The minimum Gasteiger partial charge on any atom is -0.454 e. The van der Waals surface area contributed by atoms with Crippen molar-refractivity contribution in [2.45, 2.75) is 19.6 Å². The molecule has 27 heavy (non-hydrogen) atoms. The Kier molecular flexibility index (Phi) is 4.45. The normalized spacial score (nSPS) is 14.6. The van der Waals surface area contributed by atoms with Crippen molar-refractivity contribution in [3.63, 3.8) is 0 Å². The molecule has 0 bridgehead atoms. The third-order valence-corrected chi connectivity index (χ3v) is 4.17. The molecule has 2 aromatic rings. The predicted octanol–water partition coefficient (Wildman–Crippen LogP) is 2.01. The zero-order valence-electron chi connectivity index (χ0n) is 14.5. The summed E-state index contributed by atoms with van der Waals surface area (Å²) in [5.74, 6) is 1.35. The molecule has 140 valence electrons. The van der Waals surface area contributed by atoms with E-state index >= 15 is 0 Å². The number of hydrogen-bond acceptors (Lipinski definition) is 7. The molecule has 1 unspecified atom stereocenters. The van der Waals surface area contributed by atoms with E-state index in [0.29, 0.717) is 23.0 Å². The SMILES string of the molecule is CC(OC(=O)c1ccc2c(c1)OCO2)C(=O)NCc1ccc2c(c1)OCO2. The summed E-state index contributed by atoms with van der Waals surface area (Å²) in [5, 5.41) is 2.73. The number of esters is 1. The second-order valence-electron chi connectivity index (χ2n) is 6.02. The fourth-order valence-corrected chi connectivity index (χ4v) is 2.69. The maximum Gasteiger partial charge on any atom is 0.339 e. The second-order valence-corrected chi connectivity index (χ2v) is 6.02. The van der Waals surface area contributed by atoms with Crippen molar-refractivity contribution in [2.75, 3.05) is 13.6 Å². The van der Waals surface area contributed by atoms with Crippen LogP contribution in [0, 0.1) is 0 Å². The maximum atomic E-state index is 12.2. The van der Waals surface area contributed by atoms with E-state index in [-0.39, 0.29) is 25.7 Å². The first-order chi connectivity index (χ1) is 13.1. The number of rotatable bonds is 5. The summed E-state index contributed by atoms with van der Waals surface area (Å²) >= 11 is 0.